The van der Waals surface area contributed by atoms with Crippen LogP contribution in [0.3, 0.4) is 0 Å². The molecule has 5 nitrogen and oxygen atoms in total. The summed E-state index contributed by atoms with van der Waals surface area (Å²) in [6, 6.07) is 7.75. The van der Waals surface area contributed by atoms with E-state index < -0.39 is 0 Å². The van der Waals surface area contributed by atoms with Gasteiger partial charge >= 0.3 is 0 Å². The van der Waals surface area contributed by atoms with Crippen LogP contribution in [0.2, 0.25) is 0 Å². The van der Waals surface area contributed by atoms with Gasteiger partial charge in [-0.05, 0) is 48.8 Å². The minimum absolute atomic E-state index is 0.0205. The molecule has 4 rings (SSSR count). The highest BCUT2D eigenvalue weighted by atomic mass is 16.5. The van der Waals surface area contributed by atoms with Crippen molar-refractivity contribution in [3.8, 4) is 5.75 Å². The van der Waals surface area contributed by atoms with E-state index >= 15 is 0 Å². The average Bonchev–Trinajstić information content (AvgIpc) is 3.36. The molecule has 1 aromatic carbocycles. The van der Waals surface area contributed by atoms with Crippen LogP contribution in [0.1, 0.15) is 50.5 Å². The maximum absolute atomic E-state index is 12.8. The summed E-state index contributed by atoms with van der Waals surface area (Å²) in [6.07, 6.45) is 8.00. The number of hydrogen-bond acceptors (Lipinski definition) is 3. The van der Waals surface area contributed by atoms with Gasteiger partial charge < -0.3 is 15.0 Å². The monoisotopic (exact) mass is 384 g/mol. The average molecular weight is 385 g/mol. The van der Waals surface area contributed by atoms with Gasteiger partial charge in [0.15, 0.2) is 0 Å². The number of amides is 2. The van der Waals surface area contributed by atoms with Gasteiger partial charge in [-0.2, -0.15) is 0 Å². The summed E-state index contributed by atoms with van der Waals surface area (Å²) < 4.78 is 5.16. The summed E-state index contributed by atoms with van der Waals surface area (Å²) in [7, 11) is 1.64. The Labute approximate surface area is 167 Å². The number of hydrogen-bond donors (Lipinski definition) is 1. The number of nitrogens with zero attached hydrogens (tertiary/aromatic N) is 1. The SMILES string of the molecule is COc1ccc(CNC(=O)C2CCN(C(=O)C3CC3C3CCCC3)CC2)cc1. The summed E-state index contributed by atoms with van der Waals surface area (Å²) in [6.45, 7) is 1.99. The number of ether oxygens (including phenoxy) is 1. The molecule has 152 valence electrons. The van der Waals surface area contributed by atoms with Gasteiger partial charge in [0.1, 0.15) is 5.75 Å². The lowest BCUT2D eigenvalue weighted by atomic mass is 9.95. The molecule has 1 N–H and O–H groups in total. The number of rotatable bonds is 6. The molecule has 2 atom stereocenters. The second-order valence-corrected chi connectivity index (χ2v) is 8.72. The van der Waals surface area contributed by atoms with E-state index in [-0.39, 0.29) is 17.7 Å². The first-order valence-electron chi connectivity index (χ1n) is 10.8. The molecule has 0 spiro atoms. The summed E-state index contributed by atoms with van der Waals surface area (Å²) in [5, 5.41) is 3.05. The smallest absolute Gasteiger partial charge is 0.225 e. The summed E-state index contributed by atoms with van der Waals surface area (Å²) in [5.74, 6) is 3.04. The molecule has 0 radical (unpaired) electrons. The molecule has 1 saturated heterocycles. The standard InChI is InChI=1S/C23H32N2O3/c1-28-19-8-6-16(7-9-19)15-24-22(26)18-10-12-25(13-11-18)23(27)21-14-20(21)17-4-2-3-5-17/h6-9,17-18,20-21H,2-5,10-15H2,1H3,(H,24,26). The Morgan fingerprint density at radius 3 is 2.39 bits per heavy atom. The molecule has 2 aliphatic carbocycles. The fourth-order valence-electron chi connectivity index (χ4n) is 5.08. The van der Waals surface area contributed by atoms with Crippen LogP contribution < -0.4 is 10.1 Å². The summed E-state index contributed by atoms with van der Waals surface area (Å²) in [5.41, 5.74) is 1.06. The predicted molar refractivity (Wildman–Crippen MR) is 108 cm³/mol. The Morgan fingerprint density at radius 1 is 1.07 bits per heavy atom. The van der Waals surface area contributed by atoms with E-state index in [1.165, 1.54) is 25.7 Å². The van der Waals surface area contributed by atoms with Crippen molar-refractivity contribution in [2.75, 3.05) is 20.2 Å². The first-order chi connectivity index (χ1) is 13.7. The molecule has 28 heavy (non-hydrogen) atoms. The maximum atomic E-state index is 12.8. The molecule has 3 aliphatic rings. The third-order valence-corrected chi connectivity index (χ3v) is 6.97. The van der Waals surface area contributed by atoms with Gasteiger partial charge in [-0.15, -0.1) is 0 Å². The number of likely N-dealkylation sites (tertiary alicyclic amines) is 1. The molecule has 3 fully saturated rings. The maximum Gasteiger partial charge on any atom is 0.225 e. The topological polar surface area (TPSA) is 58.6 Å². The highest BCUT2D eigenvalue weighted by molar-refractivity contribution is 5.83. The van der Waals surface area contributed by atoms with Gasteiger partial charge in [-0.3, -0.25) is 9.59 Å². The van der Waals surface area contributed by atoms with Crippen LogP contribution in [0.4, 0.5) is 0 Å². The van der Waals surface area contributed by atoms with Gasteiger partial charge in [-0.25, -0.2) is 0 Å². The zero-order valence-corrected chi connectivity index (χ0v) is 16.9. The van der Waals surface area contributed by atoms with Crippen molar-refractivity contribution in [2.45, 2.75) is 51.5 Å². The van der Waals surface area contributed by atoms with E-state index in [0.717, 1.165) is 49.6 Å². The van der Waals surface area contributed by atoms with Crippen LogP contribution in [-0.2, 0) is 16.1 Å². The number of piperidine rings is 1. The van der Waals surface area contributed by atoms with Gasteiger partial charge in [-0.1, -0.05) is 37.8 Å². The van der Waals surface area contributed by atoms with E-state index in [2.05, 4.69) is 5.32 Å². The lowest BCUT2D eigenvalue weighted by molar-refractivity contribution is -0.137. The predicted octanol–water partition coefficient (Wildman–Crippen LogP) is 3.38. The number of nitrogens with one attached hydrogen (secondary N) is 1. The van der Waals surface area contributed by atoms with E-state index in [4.69, 9.17) is 4.74 Å². The summed E-state index contributed by atoms with van der Waals surface area (Å²) in [4.78, 5) is 27.3. The highest BCUT2D eigenvalue weighted by Gasteiger charge is 2.49. The van der Waals surface area contributed by atoms with Gasteiger partial charge in [0.05, 0.1) is 7.11 Å². The lowest BCUT2D eigenvalue weighted by Crippen LogP contribution is -2.43. The van der Waals surface area contributed by atoms with E-state index in [1.54, 1.807) is 7.11 Å². The fourth-order valence-corrected chi connectivity index (χ4v) is 5.08. The molecule has 0 aromatic heterocycles. The molecular formula is C23H32N2O3. The molecule has 2 saturated carbocycles. The van der Waals surface area contributed by atoms with Crippen molar-refractivity contribution in [2.24, 2.45) is 23.7 Å². The second kappa shape index (κ2) is 8.54. The van der Waals surface area contributed by atoms with Crippen molar-refractivity contribution < 1.29 is 14.3 Å². The van der Waals surface area contributed by atoms with Crippen molar-refractivity contribution in [3.05, 3.63) is 29.8 Å². The lowest BCUT2D eigenvalue weighted by Gasteiger charge is -2.31. The van der Waals surface area contributed by atoms with Crippen LogP contribution in [0, 0.1) is 23.7 Å². The van der Waals surface area contributed by atoms with Crippen LogP contribution in [-0.4, -0.2) is 36.9 Å². The van der Waals surface area contributed by atoms with E-state index in [0.29, 0.717) is 18.4 Å². The van der Waals surface area contributed by atoms with Crippen LogP contribution in [0.5, 0.6) is 5.75 Å². The number of methoxy groups -OCH3 is 1. The normalized spacial score (nSPS) is 25.5. The quantitative estimate of drug-likeness (QED) is 0.818. The molecule has 5 heteroatoms. The molecule has 1 aromatic rings. The largest absolute Gasteiger partial charge is 0.497 e. The molecule has 0 bridgehead atoms. The molecular weight excluding hydrogens is 352 g/mol. The van der Waals surface area contributed by atoms with Gasteiger partial charge in [0.2, 0.25) is 11.8 Å². The molecule has 2 unspecified atom stereocenters. The van der Waals surface area contributed by atoms with Crippen molar-refractivity contribution in [1.82, 2.24) is 10.2 Å². The second-order valence-electron chi connectivity index (χ2n) is 8.72. The third kappa shape index (κ3) is 4.34. The van der Waals surface area contributed by atoms with Crippen molar-refractivity contribution >= 4 is 11.8 Å². The first-order valence-corrected chi connectivity index (χ1v) is 10.8. The van der Waals surface area contributed by atoms with Gasteiger partial charge in [0.25, 0.3) is 0 Å². The Morgan fingerprint density at radius 2 is 1.75 bits per heavy atom. The Hall–Kier alpha value is -2.04. The van der Waals surface area contributed by atoms with Gasteiger partial charge in [0, 0.05) is 31.5 Å². The molecule has 1 heterocycles. The zero-order chi connectivity index (χ0) is 19.5. The number of carbonyl (C=O) groups excluding carboxylic acids is 2. The first kappa shape index (κ1) is 19.3. The molecule has 2 amide bonds. The minimum Gasteiger partial charge on any atom is -0.497 e. The molecule has 1 aliphatic heterocycles. The summed E-state index contributed by atoms with van der Waals surface area (Å²) >= 11 is 0. The number of benzene rings is 1. The van der Waals surface area contributed by atoms with Crippen LogP contribution in [0.25, 0.3) is 0 Å². The Balaban J connectivity index is 1.19. The Bertz CT molecular complexity index is 688. The van der Waals surface area contributed by atoms with E-state index in [1.807, 2.05) is 29.2 Å². The number of carbonyl (C=O) groups is 2. The van der Waals surface area contributed by atoms with Crippen molar-refractivity contribution in [1.29, 1.82) is 0 Å². The Kier molecular flexibility index (Phi) is 5.88. The van der Waals surface area contributed by atoms with Crippen molar-refractivity contribution in [3.63, 3.8) is 0 Å². The minimum atomic E-state index is 0.0205. The van der Waals surface area contributed by atoms with Crippen LogP contribution >= 0.6 is 0 Å². The fraction of sp³-hybridized carbons (Fsp3) is 0.652. The third-order valence-electron chi connectivity index (χ3n) is 6.97. The highest BCUT2D eigenvalue weighted by Crippen LogP contribution is 2.51. The van der Waals surface area contributed by atoms with Crippen LogP contribution in [0.15, 0.2) is 24.3 Å². The zero-order valence-electron chi connectivity index (χ0n) is 16.9. The van der Waals surface area contributed by atoms with E-state index in [9.17, 15) is 9.59 Å².